The molecule has 0 spiro atoms. The second-order valence-corrected chi connectivity index (χ2v) is 16.8. The number of esters is 2. The zero-order valence-corrected chi connectivity index (χ0v) is 37.9. The molecular weight excluding hydrogens is 727 g/mol. The van der Waals surface area contributed by atoms with Crippen LogP contribution in [0, 0.1) is 5.92 Å². The molecule has 1 unspecified atom stereocenters. The number of unbranched alkanes of at least 4 members (excludes halogenated alkanes) is 17. The Kier molecular flexibility index (Phi) is 38.7. The Morgan fingerprint density at radius 2 is 0.948 bits per heavy atom. The molecule has 334 valence electrons. The number of allylic oxidation sites excluding steroid dienone is 10. The minimum atomic E-state index is -1.18. The summed E-state index contributed by atoms with van der Waals surface area (Å²) in [4.78, 5) is 37.0. The minimum absolute atomic E-state index is 0.0490. The molecule has 58 heavy (non-hydrogen) atoms. The van der Waals surface area contributed by atoms with Gasteiger partial charge < -0.3 is 28.6 Å². The quantitative estimate of drug-likeness (QED) is 0.0262. The van der Waals surface area contributed by atoms with Gasteiger partial charge in [-0.2, -0.15) is 0 Å². The SMILES string of the molecule is CC/C=C\C/C=C\C/C=C\C/C=C\CCCCCCCCC(=O)O[C@@H](COCC(C[N+](C)(C)C)C(=O)[O-])COC(=O)CCCCCCC/C=C\CCCCCCCC. The van der Waals surface area contributed by atoms with E-state index in [1.165, 1.54) is 64.2 Å². The molecule has 0 bridgehead atoms. The maximum Gasteiger partial charge on any atom is 0.306 e. The van der Waals surface area contributed by atoms with E-state index in [9.17, 15) is 19.5 Å². The highest BCUT2D eigenvalue weighted by atomic mass is 16.6. The van der Waals surface area contributed by atoms with Crippen LogP contribution in [0.3, 0.4) is 0 Å². The van der Waals surface area contributed by atoms with Crippen molar-refractivity contribution >= 4 is 17.9 Å². The Balaban J connectivity index is 4.39. The molecule has 0 aliphatic heterocycles. The second kappa shape index (κ2) is 40.8. The summed E-state index contributed by atoms with van der Waals surface area (Å²) in [7, 11) is 5.72. The zero-order chi connectivity index (χ0) is 42.8. The fraction of sp³-hybridized carbons (Fsp3) is 0.740. The number of ether oxygens (including phenoxy) is 3. The third-order valence-corrected chi connectivity index (χ3v) is 9.82. The van der Waals surface area contributed by atoms with Crippen LogP contribution >= 0.6 is 0 Å². The van der Waals surface area contributed by atoms with E-state index < -0.39 is 18.0 Å². The van der Waals surface area contributed by atoms with Gasteiger partial charge in [0.25, 0.3) is 0 Å². The second-order valence-electron chi connectivity index (χ2n) is 16.8. The first-order valence-corrected chi connectivity index (χ1v) is 23.3. The van der Waals surface area contributed by atoms with E-state index in [2.05, 4.69) is 74.6 Å². The van der Waals surface area contributed by atoms with Crippen LogP contribution < -0.4 is 5.11 Å². The number of hydrogen-bond donors (Lipinski definition) is 0. The summed E-state index contributed by atoms with van der Waals surface area (Å²) in [5.41, 5.74) is 0. The van der Waals surface area contributed by atoms with Gasteiger partial charge in [-0.05, 0) is 77.0 Å². The lowest BCUT2D eigenvalue weighted by molar-refractivity contribution is -0.873. The lowest BCUT2D eigenvalue weighted by Gasteiger charge is -2.30. The van der Waals surface area contributed by atoms with Crippen LogP contribution in [0.25, 0.3) is 0 Å². The van der Waals surface area contributed by atoms with Crippen LogP contribution in [0.15, 0.2) is 60.8 Å². The predicted octanol–water partition coefficient (Wildman–Crippen LogP) is 11.5. The first kappa shape index (κ1) is 55.0. The lowest BCUT2D eigenvalue weighted by Crippen LogP contribution is -2.47. The van der Waals surface area contributed by atoms with Crippen molar-refractivity contribution < 1.29 is 38.2 Å². The normalized spacial score (nSPS) is 13.5. The number of hydrogen-bond acceptors (Lipinski definition) is 7. The first-order valence-electron chi connectivity index (χ1n) is 23.3. The van der Waals surface area contributed by atoms with Crippen molar-refractivity contribution in [2.75, 3.05) is 47.5 Å². The molecule has 0 amide bonds. The maximum absolute atomic E-state index is 12.8. The van der Waals surface area contributed by atoms with Gasteiger partial charge in [0, 0.05) is 12.8 Å². The lowest BCUT2D eigenvalue weighted by atomic mass is 10.1. The van der Waals surface area contributed by atoms with Gasteiger partial charge in [0.05, 0.1) is 52.8 Å². The van der Waals surface area contributed by atoms with Gasteiger partial charge in [0.2, 0.25) is 0 Å². The molecule has 0 aromatic carbocycles. The molecule has 2 atom stereocenters. The smallest absolute Gasteiger partial charge is 0.306 e. The highest BCUT2D eigenvalue weighted by Gasteiger charge is 2.22. The highest BCUT2D eigenvalue weighted by Crippen LogP contribution is 2.13. The van der Waals surface area contributed by atoms with E-state index in [0.717, 1.165) is 89.9 Å². The number of carboxylic acids is 1. The minimum Gasteiger partial charge on any atom is -0.550 e. The molecule has 0 heterocycles. The third-order valence-electron chi connectivity index (χ3n) is 9.82. The van der Waals surface area contributed by atoms with Crippen molar-refractivity contribution in [1.82, 2.24) is 0 Å². The van der Waals surface area contributed by atoms with E-state index in [-0.39, 0.29) is 38.2 Å². The molecule has 0 saturated carbocycles. The van der Waals surface area contributed by atoms with Crippen molar-refractivity contribution in [3.63, 3.8) is 0 Å². The summed E-state index contributed by atoms with van der Waals surface area (Å²) < 4.78 is 17.3. The number of aliphatic carboxylic acids is 1. The number of carbonyl (C=O) groups is 3. The van der Waals surface area contributed by atoms with Crippen molar-refractivity contribution in [2.24, 2.45) is 5.92 Å². The average molecular weight is 814 g/mol. The number of quaternary nitrogens is 1. The number of nitrogens with zero attached hydrogens (tertiary/aromatic N) is 1. The predicted molar refractivity (Wildman–Crippen MR) is 240 cm³/mol. The summed E-state index contributed by atoms with van der Waals surface area (Å²) in [5.74, 6) is -2.67. The monoisotopic (exact) mass is 814 g/mol. The highest BCUT2D eigenvalue weighted by molar-refractivity contribution is 5.70. The molecule has 8 nitrogen and oxygen atoms in total. The summed E-state index contributed by atoms with van der Waals surface area (Å²) >= 11 is 0. The largest absolute Gasteiger partial charge is 0.550 e. The molecule has 8 heteroatoms. The number of carbonyl (C=O) groups excluding carboxylic acids is 3. The Morgan fingerprint density at radius 1 is 0.517 bits per heavy atom. The number of carboxylic acid groups (broad SMARTS) is 1. The van der Waals surface area contributed by atoms with Crippen LogP contribution in [-0.2, 0) is 28.6 Å². The van der Waals surface area contributed by atoms with E-state index in [1.54, 1.807) is 0 Å². The molecule has 0 N–H and O–H groups in total. The molecule has 0 aliphatic carbocycles. The van der Waals surface area contributed by atoms with E-state index in [1.807, 2.05) is 21.1 Å². The Bertz CT molecular complexity index is 1130. The maximum atomic E-state index is 12.8. The zero-order valence-electron chi connectivity index (χ0n) is 37.9. The van der Waals surface area contributed by atoms with Crippen molar-refractivity contribution in [2.45, 2.75) is 187 Å². The third kappa shape index (κ3) is 41.2. The van der Waals surface area contributed by atoms with Crippen molar-refractivity contribution in [3.8, 4) is 0 Å². The Hall–Kier alpha value is -2.97. The van der Waals surface area contributed by atoms with Gasteiger partial charge >= 0.3 is 11.9 Å². The van der Waals surface area contributed by atoms with Gasteiger partial charge in [-0.25, -0.2) is 0 Å². The Labute approximate surface area is 356 Å². The average Bonchev–Trinajstić information content (AvgIpc) is 3.18. The fourth-order valence-corrected chi connectivity index (χ4v) is 6.49. The molecule has 0 radical (unpaired) electrons. The van der Waals surface area contributed by atoms with Gasteiger partial charge in [-0.15, -0.1) is 0 Å². The van der Waals surface area contributed by atoms with Crippen LogP contribution in [0.2, 0.25) is 0 Å². The van der Waals surface area contributed by atoms with E-state index >= 15 is 0 Å². The summed E-state index contributed by atoms with van der Waals surface area (Å²) in [6, 6.07) is 0. The molecule has 0 aromatic rings. The van der Waals surface area contributed by atoms with E-state index in [4.69, 9.17) is 14.2 Å². The van der Waals surface area contributed by atoms with Gasteiger partial charge in [-0.3, -0.25) is 9.59 Å². The molecule has 0 saturated heterocycles. The van der Waals surface area contributed by atoms with E-state index in [0.29, 0.717) is 17.4 Å². The fourth-order valence-electron chi connectivity index (χ4n) is 6.49. The molecular formula is C50H87NO7. The van der Waals surface area contributed by atoms with Gasteiger partial charge in [0.1, 0.15) is 6.61 Å². The molecule has 0 rings (SSSR count). The summed E-state index contributed by atoms with van der Waals surface area (Å²) in [6.45, 7) is 4.51. The standard InChI is InChI=1S/C50H87NO7/c1-6-8-10-12-14-16-18-20-22-23-24-25-27-29-31-33-35-37-39-41-49(53)58-47(44-56-43-46(50(54)55)42-51(3,4)5)45-57-48(52)40-38-36-34-32-30-28-26-21-19-17-15-13-11-9-7-2/h8,10,14,16,20-22,24-26,46-47H,6-7,9,11-13,15,17-19,23,27-45H2,1-5H3/b10-8-,16-14-,22-20-,25-24-,26-21-/t46?,47-/m0/s1. The van der Waals surface area contributed by atoms with Gasteiger partial charge in [-0.1, -0.05) is 152 Å². The summed E-state index contributed by atoms with van der Waals surface area (Å²) in [6.07, 6.45) is 49.0. The first-order chi connectivity index (χ1) is 28.1. The molecule has 0 fully saturated rings. The van der Waals surface area contributed by atoms with Gasteiger partial charge in [0.15, 0.2) is 6.10 Å². The van der Waals surface area contributed by atoms with Crippen molar-refractivity contribution in [3.05, 3.63) is 60.8 Å². The van der Waals surface area contributed by atoms with Crippen LogP contribution in [0.5, 0.6) is 0 Å². The van der Waals surface area contributed by atoms with Crippen molar-refractivity contribution in [1.29, 1.82) is 0 Å². The number of rotatable bonds is 41. The van der Waals surface area contributed by atoms with Crippen LogP contribution in [0.1, 0.15) is 181 Å². The molecule has 0 aromatic heterocycles. The van der Waals surface area contributed by atoms with Crippen LogP contribution in [0.4, 0.5) is 0 Å². The Morgan fingerprint density at radius 3 is 1.43 bits per heavy atom. The van der Waals surface area contributed by atoms with Crippen LogP contribution in [-0.4, -0.2) is 76.0 Å². The topological polar surface area (TPSA) is 102 Å². The summed E-state index contributed by atoms with van der Waals surface area (Å²) in [5, 5.41) is 11.7. The molecule has 0 aliphatic rings.